The molecule has 2 rings (SSSR count). The molecule has 25 heavy (non-hydrogen) atoms. The minimum Gasteiger partial charge on any atom is -0.388 e. The van der Waals surface area contributed by atoms with Crippen molar-refractivity contribution in [1.82, 2.24) is 10.6 Å². The van der Waals surface area contributed by atoms with Crippen LogP contribution < -0.4 is 10.6 Å². The van der Waals surface area contributed by atoms with E-state index in [0.29, 0.717) is 13.1 Å². The predicted molar refractivity (Wildman–Crippen MR) is 120 cm³/mol. The standard InChI is InChI=1S/C19H31N3OS.HI/c1-3-4-11-20-18(21-14-17-7-5-16(2)6-8-17)22-15-19(23)9-12-24-13-10-19;/h5-8,23H,3-4,9-15H2,1-2H3,(H2,20,21,22);1H. The molecular formula is C19H32IN3OS. The van der Waals surface area contributed by atoms with Gasteiger partial charge in [-0.15, -0.1) is 24.0 Å². The number of aliphatic imine (C=N–C) groups is 1. The largest absolute Gasteiger partial charge is 0.388 e. The Morgan fingerprint density at radius 3 is 2.52 bits per heavy atom. The topological polar surface area (TPSA) is 56.7 Å². The van der Waals surface area contributed by atoms with E-state index in [9.17, 15) is 5.11 Å². The minimum absolute atomic E-state index is 0. The van der Waals surface area contributed by atoms with Gasteiger partial charge in [-0.1, -0.05) is 43.2 Å². The zero-order valence-electron chi connectivity index (χ0n) is 15.4. The van der Waals surface area contributed by atoms with Crippen molar-refractivity contribution in [3.05, 3.63) is 35.4 Å². The van der Waals surface area contributed by atoms with Crippen molar-refractivity contribution >= 4 is 41.7 Å². The van der Waals surface area contributed by atoms with Gasteiger partial charge in [-0.25, -0.2) is 4.99 Å². The van der Waals surface area contributed by atoms with E-state index in [1.54, 1.807) is 0 Å². The number of nitrogens with one attached hydrogen (secondary N) is 2. The Labute approximate surface area is 173 Å². The summed E-state index contributed by atoms with van der Waals surface area (Å²) in [6.45, 7) is 6.40. The Morgan fingerprint density at radius 2 is 1.88 bits per heavy atom. The van der Waals surface area contributed by atoms with Crippen LogP contribution in [0.3, 0.4) is 0 Å². The van der Waals surface area contributed by atoms with Crippen LogP contribution >= 0.6 is 35.7 Å². The highest BCUT2D eigenvalue weighted by Crippen LogP contribution is 2.26. The van der Waals surface area contributed by atoms with Gasteiger partial charge < -0.3 is 15.7 Å². The van der Waals surface area contributed by atoms with Gasteiger partial charge in [0.05, 0.1) is 12.1 Å². The number of aliphatic hydroxyl groups is 1. The van der Waals surface area contributed by atoms with Crippen LogP contribution in [0.4, 0.5) is 0 Å². The number of thioether (sulfide) groups is 1. The molecule has 0 amide bonds. The highest BCUT2D eigenvalue weighted by molar-refractivity contribution is 14.0. The first-order chi connectivity index (χ1) is 11.6. The number of aryl methyl sites for hydroxylation is 1. The van der Waals surface area contributed by atoms with Crippen LogP contribution in [0.15, 0.2) is 29.3 Å². The fraction of sp³-hybridized carbons (Fsp3) is 0.632. The first-order valence-electron chi connectivity index (χ1n) is 8.99. The molecule has 142 valence electrons. The molecule has 0 spiro atoms. The van der Waals surface area contributed by atoms with Gasteiger partial charge >= 0.3 is 0 Å². The molecule has 0 bridgehead atoms. The van der Waals surface area contributed by atoms with E-state index >= 15 is 0 Å². The third kappa shape index (κ3) is 8.64. The van der Waals surface area contributed by atoms with Gasteiger partial charge in [0.2, 0.25) is 0 Å². The summed E-state index contributed by atoms with van der Waals surface area (Å²) in [6.07, 6.45) is 3.97. The molecule has 4 nitrogen and oxygen atoms in total. The van der Waals surface area contributed by atoms with Crippen LogP contribution in [-0.4, -0.2) is 41.3 Å². The molecule has 1 aromatic rings. The SMILES string of the molecule is CCCCNC(=NCc1ccc(C)cc1)NCC1(O)CCSCC1.I. The predicted octanol–water partition coefficient (Wildman–Crippen LogP) is 3.71. The molecule has 1 aliphatic rings. The molecule has 1 fully saturated rings. The van der Waals surface area contributed by atoms with E-state index in [1.165, 1.54) is 11.1 Å². The molecule has 1 heterocycles. The van der Waals surface area contributed by atoms with Crippen LogP contribution in [0.1, 0.15) is 43.7 Å². The third-order valence-corrected chi connectivity index (χ3v) is 5.36. The molecule has 3 N–H and O–H groups in total. The second kappa shape index (κ2) is 12.0. The van der Waals surface area contributed by atoms with Gasteiger partial charge in [0.25, 0.3) is 0 Å². The van der Waals surface area contributed by atoms with Crippen molar-refractivity contribution in [2.45, 2.75) is 51.7 Å². The number of hydrogen-bond donors (Lipinski definition) is 3. The number of rotatable bonds is 7. The molecule has 0 aliphatic carbocycles. The third-order valence-electron chi connectivity index (χ3n) is 4.37. The van der Waals surface area contributed by atoms with Crippen LogP contribution in [-0.2, 0) is 6.54 Å². The Morgan fingerprint density at radius 1 is 1.20 bits per heavy atom. The number of nitrogens with zero attached hydrogens (tertiary/aromatic N) is 1. The summed E-state index contributed by atoms with van der Waals surface area (Å²) in [7, 11) is 0. The smallest absolute Gasteiger partial charge is 0.191 e. The Hall–Kier alpha value is -0.470. The maximum Gasteiger partial charge on any atom is 0.191 e. The zero-order chi connectivity index (χ0) is 17.3. The second-order valence-electron chi connectivity index (χ2n) is 6.62. The van der Waals surface area contributed by atoms with Crippen LogP contribution in [0.2, 0.25) is 0 Å². The number of benzene rings is 1. The summed E-state index contributed by atoms with van der Waals surface area (Å²) in [4.78, 5) is 4.69. The van der Waals surface area contributed by atoms with Crippen molar-refractivity contribution in [2.75, 3.05) is 24.6 Å². The fourth-order valence-corrected chi connectivity index (χ4v) is 3.85. The normalized spacial score (nSPS) is 16.8. The van der Waals surface area contributed by atoms with Crippen molar-refractivity contribution in [2.24, 2.45) is 4.99 Å². The quantitative estimate of drug-likeness (QED) is 0.243. The molecule has 0 aromatic heterocycles. The Balaban J connectivity index is 0.00000312. The molecule has 0 radical (unpaired) electrons. The van der Waals surface area contributed by atoms with Crippen molar-refractivity contribution in [3.63, 3.8) is 0 Å². The first kappa shape index (κ1) is 22.6. The lowest BCUT2D eigenvalue weighted by Crippen LogP contribution is -2.49. The lowest BCUT2D eigenvalue weighted by Gasteiger charge is -2.32. The maximum absolute atomic E-state index is 10.6. The highest BCUT2D eigenvalue weighted by Gasteiger charge is 2.29. The lowest BCUT2D eigenvalue weighted by atomic mass is 9.97. The molecular weight excluding hydrogens is 445 g/mol. The molecule has 6 heteroatoms. The fourth-order valence-electron chi connectivity index (χ4n) is 2.60. The number of unbranched alkanes of at least 4 members (excludes halogenated alkanes) is 1. The number of guanidine groups is 1. The van der Waals surface area contributed by atoms with Crippen molar-refractivity contribution < 1.29 is 5.11 Å². The van der Waals surface area contributed by atoms with Crippen LogP contribution in [0, 0.1) is 6.92 Å². The van der Waals surface area contributed by atoms with E-state index in [1.807, 2.05) is 11.8 Å². The maximum atomic E-state index is 10.6. The summed E-state index contributed by atoms with van der Waals surface area (Å²) >= 11 is 1.92. The number of halogens is 1. The monoisotopic (exact) mass is 477 g/mol. The van der Waals surface area contributed by atoms with Crippen LogP contribution in [0.5, 0.6) is 0 Å². The second-order valence-corrected chi connectivity index (χ2v) is 7.85. The molecule has 0 saturated carbocycles. The minimum atomic E-state index is -0.595. The number of hydrogen-bond acceptors (Lipinski definition) is 3. The van der Waals surface area contributed by atoms with Gasteiger partial charge in [-0.2, -0.15) is 11.8 Å². The van der Waals surface area contributed by atoms with E-state index in [4.69, 9.17) is 0 Å². The molecule has 0 unspecified atom stereocenters. The summed E-state index contributed by atoms with van der Waals surface area (Å²) in [5.41, 5.74) is 1.87. The summed E-state index contributed by atoms with van der Waals surface area (Å²) < 4.78 is 0. The zero-order valence-corrected chi connectivity index (χ0v) is 18.5. The average molecular weight is 477 g/mol. The summed E-state index contributed by atoms with van der Waals surface area (Å²) in [5, 5.41) is 17.4. The summed E-state index contributed by atoms with van der Waals surface area (Å²) in [5.74, 6) is 2.88. The van der Waals surface area contributed by atoms with E-state index < -0.39 is 5.60 Å². The van der Waals surface area contributed by atoms with Gasteiger partial charge in [0.1, 0.15) is 0 Å². The van der Waals surface area contributed by atoms with Gasteiger partial charge in [-0.05, 0) is 43.3 Å². The van der Waals surface area contributed by atoms with E-state index in [-0.39, 0.29) is 24.0 Å². The van der Waals surface area contributed by atoms with Gasteiger partial charge in [0.15, 0.2) is 5.96 Å². The molecule has 1 aromatic carbocycles. The Bertz CT molecular complexity index is 516. The summed E-state index contributed by atoms with van der Waals surface area (Å²) in [6, 6.07) is 8.47. The van der Waals surface area contributed by atoms with Crippen molar-refractivity contribution in [1.29, 1.82) is 0 Å². The van der Waals surface area contributed by atoms with Crippen LogP contribution in [0.25, 0.3) is 0 Å². The first-order valence-corrected chi connectivity index (χ1v) is 10.1. The average Bonchev–Trinajstić information content (AvgIpc) is 2.59. The van der Waals surface area contributed by atoms with Gasteiger partial charge in [-0.3, -0.25) is 0 Å². The molecule has 1 saturated heterocycles. The molecule has 0 atom stereocenters. The highest BCUT2D eigenvalue weighted by atomic mass is 127. The van der Waals surface area contributed by atoms with E-state index in [2.05, 4.69) is 53.7 Å². The van der Waals surface area contributed by atoms with E-state index in [0.717, 1.165) is 49.7 Å². The van der Waals surface area contributed by atoms with Crippen molar-refractivity contribution in [3.8, 4) is 0 Å². The molecule has 1 aliphatic heterocycles. The Kier molecular flexibility index (Phi) is 10.8. The lowest BCUT2D eigenvalue weighted by molar-refractivity contribution is 0.0364. The van der Waals surface area contributed by atoms with Gasteiger partial charge in [0, 0.05) is 13.1 Å².